The molecule has 0 aliphatic heterocycles. The lowest BCUT2D eigenvalue weighted by molar-refractivity contribution is 0.429. The Morgan fingerprint density at radius 1 is 1.14 bits per heavy atom. The van der Waals surface area contributed by atoms with Crippen molar-refractivity contribution in [3.63, 3.8) is 0 Å². The third kappa shape index (κ3) is 2.00. The lowest BCUT2D eigenvalue weighted by atomic mass is 9.84. The summed E-state index contributed by atoms with van der Waals surface area (Å²) < 4.78 is 14.3. The van der Waals surface area contributed by atoms with Crippen LogP contribution in [-0.2, 0) is 0 Å². The summed E-state index contributed by atoms with van der Waals surface area (Å²) in [5, 5.41) is 0. The van der Waals surface area contributed by atoms with Crippen LogP contribution in [0, 0.1) is 5.82 Å². The Labute approximate surface area is 92.6 Å². The zero-order chi connectivity index (χ0) is 9.97. The second kappa shape index (κ2) is 4.43. The molecule has 76 valence electrons. The summed E-state index contributed by atoms with van der Waals surface area (Å²) >= 11 is 3.24. The predicted octanol–water partition coefficient (Wildman–Crippen LogP) is 4.64. The molecule has 0 unspecified atom stereocenters. The van der Waals surface area contributed by atoms with Crippen molar-refractivity contribution in [1.29, 1.82) is 0 Å². The second-order valence-corrected chi connectivity index (χ2v) is 4.83. The van der Waals surface area contributed by atoms with Crippen molar-refractivity contribution in [1.82, 2.24) is 0 Å². The Morgan fingerprint density at radius 3 is 2.57 bits per heavy atom. The molecule has 0 spiro atoms. The SMILES string of the molecule is Fc1c(Br)cccc1C1CCCCC1. The Bertz CT molecular complexity index is 316. The van der Waals surface area contributed by atoms with Crippen LogP contribution in [0.4, 0.5) is 4.39 Å². The van der Waals surface area contributed by atoms with Crippen LogP contribution < -0.4 is 0 Å². The molecule has 0 bridgehead atoms. The molecule has 2 heteroatoms. The molecule has 0 radical (unpaired) electrons. The molecule has 0 amide bonds. The molecule has 1 aliphatic carbocycles. The lowest BCUT2D eigenvalue weighted by Gasteiger charge is -2.22. The van der Waals surface area contributed by atoms with Crippen LogP contribution in [0.1, 0.15) is 43.6 Å². The van der Waals surface area contributed by atoms with Gasteiger partial charge in [0.25, 0.3) is 0 Å². The van der Waals surface area contributed by atoms with Crippen LogP contribution in [0.3, 0.4) is 0 Å². The minimum absolute atomic E-state index is 0.0561. The molecule has 1 fully saturated rings. The topological polar surface area (TPSA) is 0 Å². The van der Waals surface area contributed by atoms with Crippen LogP contribution in [-0.4, -0.2) is 0 Å². The van der Waals surface area contributed by atoms with Gasteiger partial charge in [-0.3, -0.25) is 0 Å². The fourth-order valence-corrected chi connectivity index (χ4v) is 2.63. The van der Waals surface area contributed by atoms with Gasteiger partial charge in [-0.2, -0.15) is 0 Å². The molecule has 1 aliphatic rings. The quantitative estimate of drug-likeness (QED) is 0.687. The molecule has 1 aromatic rings. The van der Waals surface area contributed by atoms with Crippen LogP contribution in [0.25, 0.3) is 0 Å². The van der Waals surface area contributed by atoms with E-state index in [-0.39, 0.29) is 5.82 Å². The Kier molecular flexibility index (Phi) is 3.22. The van der Waals surface area contributed by atoms with E-state index in [1.807, 2.05) is 12.1 Å². The van der Waals surface area contributed by atoms with E-state index >= 15 is 0 Å². The van der Waals surface area contributed by atoms with E-state index in [9.17, 15) is 4.39 Å². The maximum Gasteiger partial charge on any atom is 0.140 e. The van der Waals surface area contributed by atoms with Crippen molar-refractivity contribution in [2.75, 3.05) is 0 Å². The van der Waals surface area contributed by atoms with Gasteiger partial charge in [0.1, 0.15) is 5.82 Å². The zero-order valence-electron chi connectivity index (χ0n) is 8.10. The summed E-state index contributed by atoms with van der Waals surface area (Å²) in [4.78, 5) is 0. The van der Waals surface area contributed by atoms with Gasteiger partial charge in [0.2, 0.25) is 0 Å². The molecule has 1 aromatic carbocycles. The van der Waals surface area contributed by atoms with Gasteiger partial charge in [0.15, 0.2) is 0 Å². The monoisotopic (exact) mass is 256 g/mol. The smallest absolute Gasteiger partial charge is 0.140 e. The molecule has 1 saturated carbocycles. The van der Waals surface area contributed by atoms with E-state index in [1.54, 1.807) is 6.07 Å². The molecule has 2 rings (SSSR count). The third-order valence-corrected chi connectivity index (χ3v) is 3.64. The Balaban J connectivity index is 2.26. The maximum atomic E-state index is 13.7. The van der Waals surface area contributed by atoms with Crippen molar-refractivity contribution in [2.24, 2.45) is 0 Å². The highest BCUT2D eigenvalue weighted by atomic mass is 79.9. The predicted molar refractivity (Wildman–Crippen MR) is 59.9 cm³/mol. The average molecular weight is 257 g/mol. The summed E-state index contributed by atoms with van der Waals surface area (Å²) in [7, 11) is 0. The first-order valence-electron chi connectivity index (χ1n) is 5.23. The molecule has 0 N–H and O–H groups in total. The van der Waals surface area contributed by atoms with Gasteiger partial charge >= 0.3 is 0 Å². The van der Waals surface area contributed by atoms with Crippen molar-refractivity contribution >= 4 is 15.9 Å². The average Bonchev–Trinajstić information content (AvgIpc) is 2.23. The Morgan fingerprint density at radius 2 is 1.86 bits per heavy atom. The van der Waals surface area contributed by atoms with Gasteiger partial charge in [-0.05, 0) is 46.3 Å². The summed E-state index contributed by atoms with van der Waals surface area (Å²) in [6.45, 7) is 0. The number of hydrogen-bond acceptors (Lipinski definition) is 0. The van der Waals surface area contributed by atoms with E-state index < -0.39 is 0 Å². The van der Waals surface area contributed by atoms with E-state index in [2.05, 4.69) is 15.9 Å². The number of rotatable bonds is 1. The van der Waals surface area contributed by atoms with E-state index in [4.69, 9.17) is 0 Å². The standard InChI is InChI=1S/C12H14BrF/c13-11-8-4-7-10(12(11)14)9-5-2-1-3-6-9/h4,7-9H,1-3,5-6H2. The molecule has 14 heavy (non-hydrogen) atoms. The van der Waals surface area contributed by atoms with Gasteiger partial charge in [-0.15, -0.1) is 0 Å². The summed E-state index contributed by atoms with van der Waals surface area (Å²) in [5.74, 6) is 0.389. The van der Waals surface area contributed by atoms with Gasteiger partial charge in [-0.1, -0.05) is 31.4 Å². The fraction of sp³-hybridized carbons (Fsp3) is 0.500. The van der Waals surface area contributed by atoms with Gasteiger partial charge in [-0.25, -0.2) is 4.39 Å². The van der Waals surface area contributed by atoms with Crippen LogP contribution >= 0.6 is 15.9 Å². The van der Waals surface area contributed by atoms with Gasteiger partial charge < -0.3 is 0 Å². The van der Waals surface area contributed by atoms with E-state index in [0.29, 0.717) is 10.4 Å². The van der Waals surface area contributed by atoms with Crippen LogP contribution in [0.2, 0.25) is 0 Å². The summed E-state index contributed by atoms with van der Waals surface area (Å²) in [6, 6.07) is 5.62. The largest absolute Gasteiger partial charge is 0.205 e. The summed E-state index contributed by atoms with van der Waals surface area (Å²) in [5.41, 5.74) is 0.902. The Hall–Kier alpha value is -0.370. The first-order chi connectivity index (χ1) is 6.79. The highest BCUT2D eigenvalue weighted by Crippen LogP contribution is 2.35. The summed E-state index contributed by atoms with van der Waals surface area (Å²) in [6.07, 6.45) is 6.10. The molecular formula is C12H14BrF. The van der Waals surface area contributed by atoms with Crippen molar-refractivity contribution < 1.29 is 4.39 Å². The van der Waals surface area contributed by atoms with Crippen LogP contribution in [0.5, 0.6) is 0 Å². The lowest BCUT2D eigenvalue weighted by Crippen LogP contribution is -2.06. The zero-order valence-corrected chi connectivity index (χ0v) is 9.69. The molecule has 0 heterocycles. The fourth-order valence-electron chi connectivity index (χ4n) is 2.25. The molecule has 0 atom stereocenters. The second-order valence-electron chi connectivity index (χ2n) is 3.98. The van der Waals surface area contributed by atoms with Crippen LogP contribution in [0.15, 0.2) is 22.7 Å². The van der Waals surface area contributed by atoms with Gasteiger partial charge in [0.05, 0.1) is 4.47 Å². The molecular weight excluding hydrogens is 243 g/mol. The van der Waals surface area contributed by atoms with E-state index in [1.165, 1.54) is 19.3 Å². The third-order valence-electron chi connectivity index (χ3n) is 3.03. The number of benzene rings is 1. The number of hydrogen-bond donors (Lipinski definition) is 0. The first-order valence-corrected chi connectivity index (χ1v) is 6.02. The molecule has 0 nitrogen and oxygen atoms in total. The minimum atomic E-state index is -0.0561. The molecule has 0 aromatic heterocycles. The van der Waals surface area contributed by atoms with E-state index in [0.717, 1.165) is 18.4 Å². The molecule has 0 saturated heterocycles. The highest BCUT2D eigenvalue weighted by molar-refractivity contribution is 9.10. The maximum absolute atomic E-state index is 13.7. The van der Waals surface area contributed by atoms with Gasteiger partial charge in [0, 0.05) is 0 Å². The number of halogens is 2. The van der Waals surface area contributed by atoms with Crippen molar-refractivity contribution in [2.45, 2.75) is 38.0 Å². The van der Waals surface area contributed by atoms with Crippen molar-refractivity contribution in [3.8, 4) is 0 Å². The van der Waals surface area contributed by atoms with Crippen molar-refractivity contribution in [3.05, 3.63) is 34.1 Å². The highest BCUT2D eigenvalue weighted by Gasteiger charge is 2.19. The minimum Gasteiger partial charge on any atom is -0.205 e. The normalized spacial score (nSPS) is 18.4. The first kappa shape index (κ1) is 10.2.